The maximum absolute atomic E-state index is 14.0. The molecule has 206 valence electrons. The maximum Gasteiger partial charge on any atom is 0.325 e. The largest absolute Gasteiger partial charge is 0.493 e. The lowest BCUT2D eigenvalue weighted by Crippen LogP contribution is -2.57. The van der Waals surface area contributed by atoms with E-state index in [1.807, 2.05) is 30.3 Å². The van der Waals surface area contributed by atoms with Gasteiger partial charge in [0.15, 0.2) is 11.5 Å². The normalized spacial score (nSPS) is 23.6. The lowest BCUT2D eigenvalue weighted by atomic mass is 9.77. The van der Waals surface area contributed by atoms with E-state index >= 15 is 0 Å². The van der Waals surface area contributed by atoms with Crippen LogP contribution in [0.4, 0.5) is 5.69 Å². The molecule has 4 unspecified atom stereocenters. The van der Waals surface area contributed by atoms with Crippen LogP contribution in [0.3, 0.4) is 0 Å². The predicted molar refractivity (Wildman–Crippen MR) is 143 cm³/mol. The molecule has 0 aromatic heterocycles. The van der Waals surface area contributed by atoms with Gasteiger partial charge in [-0.3, -0.25) is 24.5 Å². The number of rotatable bonds is 9. The second-order valence-electron chi connectivity index (χ2n) is 9.92. The summed E-state index contributed by atoms with van der Waals surface area (Å²) in [6, 6.07) is 20.0. The van der Waals surface area contributed by atoms with E-state index in [4.69, 9.17) is 9.47 Å². The minimum atomic E-state index is -2.24. The summed E-state index contributed by atoms with van der Waals surface area (Å²) >= 11 is 0. The van der Waals surface area contributed by atoms with Gasteiger partial charge in [0.05, 0.1) is 31.1 Å². The number of nitrogens with one attached hydrogen (secondary N) is 1. The number of carboxylic acid groups (broad SMARTS) is 2. The Labute approximate surface area is 230 Å². The molecule has 10 nitrogen and oxygen atoms in total. The molecule has 3 aromatic carbocycles. The molecule has 2 amide bonds. The summed E-state index contributed by atoms with van der Waals surface area (Å²) in [6.07, 6.45) is -0.912. The van der Waals surface area contributed by atoms with Crippen LogP contribution in [0.1, 0.15) is 29.2 Å². The molecule has 4 atom stereocenters. The second kappa shape index (κ2) is 10.5. The van der Waals surface area contributed by atoms with Crippen LogP contribution in [0.25, 0.3) is 0 Å². The van der Waals surface area contributed by atoms with E-state index in [9.17, 15) is 29.4 Å². The lowest BCUT2D eigenvalue weighted by Gasteiger charge is -2.30. The molecule has 2 fully saturated rings. The van der Waals surface area contributed by atoms with Crippen molar-refractivity contribution in [3.05, 3.63) is 89.5 Å². The molecule has 2 heterocycles. The van der Waals surface area contributed by atoms with Gasteiger partial charge in [-0.1, -0.05) is 60.7 Å². The zero-order valence-electron chi connectivity index (χ0n) is 21.9. The Morgan fingerprint density at radius 3 is 2.30 bits per heavy atom. The summed E-state index contributed by atoms with van der Waals surface area (Å²) in [4.78, 5) is 53.7. The Morgan fingerprint density at radius 1 is 0.950 bits per heavy atom. The number of fused-ring (bicyclic) bond motifs is 1. The lowest BCUT2D eigenvalue weighted by molar-refractivity contribution is -0.154. The number of nitrogens with zero attached hydrogens (tertiary/aromatic N) is 1. The molecule has 0 radical (unpaired) electrons. The Balaban J connectivity index is 1.65. The summed E-state index contributed by atoms with van der Waals surface area (Å²) in [6.45, 7) is 1.88. The molecule has 0 aliphatic carbocycles. The van der Waals surface area contributed by atoms with E-state index < -0.39 is 53.6 Å². The standard InChI is InChI=1S/C30H28N2O8/c1-17-9-6-7-13-20(17)32-27(35)23-24(28(32)36)30(29(37)38,15-22(33)34)31-25(23)19-12-8-14-21(39-2)26(19)40-16-18-10-4-3-5-11-18/h3-14,23-25,31H,15-16H2,1-2H3,(H,33,34)(H,37,38). The van der Waals surface area contributed by atoms with Crippen LogP contribution in [-0.2, 0) is 25.8 Å². The van der Waals surface area contributed by atoms with Crippen molar-refractivity contribution in [1.29, 1.82) is 0 Å². The van der Waals surface area contributed by atoms with Crippen LogP contribution < -0.4 is 19.7 Å². The average molecular weight is 545 g/mol. The number of aryl methyl sites for hydroxylation is 1. The van der Waals surface area contributed by atoms with Gasteiger partial charge in [0.1, 0.15) is 12.1 Å². The van der Waals surface area contributed by atoms with Crippen molar-refractivity contribution in [2.45, 2.75) is 31.5 Å². The topological polar surface area (TPSA) is 142 Å². The first-order valence-electron chi connectivity index (χ1n) is 12.7. The van der Waals surface area contributed by atoms with Gasteiger partial charge in [-0.2, -0.15) is 0 Å². The van der Waals surface area contributed by atoms with Gasteiger partial charge in [0.25, 0.3) is 0 Å². The van der Waals surface area contributed by atoms with E-state index in [1.54, 1.807) is 49.4 Å². The molecule has 0 bridgehead atoms. The number of benzene rings is 3. The van der Waals surface area contributed by atoms with E-state index in [0.717, 1.165) is 10.5 Å². The number of para-hydroxylation sites is 2. The number of imide groups is 1. The zero-order chi connectivity index (χ0) is 28.6. The zero-order valence-corrected chi connectivity index (χ0v) is 21.9. The molecule has 2 aliphatic heterocycles. The number of hydrogen-bond acceptors (Lipinski definition) is 7. The number of carboxylic acids is 2. The van der Waals surface area contributed by atoms with Crippen LogP contribution >= 0.6 is 0 Å². The van der Waals surface area contributed by atoms with Crippen molar-refractivity contribution in [3.8, 4) is 11.5 Å². The third kappa shape index (κ3) is 4.36. The van der Waals surface area contributed by atoms with Crippen LogP contribution in [0.5, 0.6) is 11.5 Å². The summed E-state index contributed by atoms with van der Waals surface area (Å²) < 4.78 is 11.7. The second-order valence-corrected chi connectivity index (χ2v) is 9.92. The fourth-order valence-corrected chi connectivity index (χ4v) is 5.82. The van der Waals surface area contributed by atoms with E-state index in [-0.39, 0.29) is 12.4 Å². The number of carbonyl (C=O) groups excluding carboxylic acids is 2. The van der Waals surface area contributed by atoms with Crippen molar-refractivity contribution in [2.75, 3.05) is 12.0 Å². The Hall–Kier alpha value is -4.70. The predicted octanol–water partition coefficient (Wildman–Crippen LogP) is 3.33. The van der Waals surface area contributed by atoms with Gasteiger partial charge in [0, 0.05) is 11.6 Å². The van der Waals surface area contributed by atoms with Crippen LogP contribution in [-0.4, -0.2) is 46.6 Å². The first-order chi connectivity index (χ1) is 19.2. The monoisotopic (exact) mass is 544 g/mol. The Kier molecular flexibility index (Phi) is 7.03. The Morgan fingerprint density at radius 2 is 1.65 bits per heavy atom. The molecule has 5 rings (SSSR count). The van der Waals surface area contributed by atoms with Crippen molar-refractivity contribution in [2.24, 2.45) is 11.8 Å². The van der Waals surface area contributed by atoms with Gasteiger partial charge < -0.3 is 19.7 Å². The van der Waals surface area contributed by atoms with Gasteiger partial charge in [-0.15, -0.1) is 0 Å². The number of hydrogen-bond donors (Lipinski definition) is 3. The quantitative estimate of drug-likeness (QED) is 0.346. The highest BCUT2D eigenvalue weighted by Gasteiger charge is 2.69. The van der Waals surface area contributed by atoms with Gasteiger partial charge >= 0.3 is 11.9 Å². The number of amides is 2. The highest BCUT2D eigenvalue weighted by molar-refractivity contribution is 6.24. The molecule has 3 aromatic rings. The molecule has 0 spiro atoms. The van der Waals surface area contributed by atoms with E-state index in [1.165, 1.54) is 7.11 Å². The van der Waals surface area contributed by atoms with Crippen molar-refractivity contribution in [3.63, 3.8) is 0 Å². The van der Waals surface area contributed by atoms with Gasteiger partial charge in [0.2, 0.25) is 11.8 Å². The van der Waals surface area contributed by atoms with Crippen LogP contribution in [0.15, 0.2) is 72.8 Å². The summed E-state index contributed by atoms with van der Waals surface area (Å²) in [5.74, 6) is -6.43. The minimum Gasteiger partial charge on any atom is -0.493 e. The third-order valence-electron chi connectivity index (χ3n) is 7.61. The van der Waals surface area contributed by atoms with E-state index in [2.05, 4.69) is 5.32 Å². The van der Waals surface area contributed by atoms with Crippen molar-refractivity contribution in [1.82, 2.24) is 5.32 Å². The summed E-state index contributed by atoms with van der Waals surface area (Å²) in [5, 5.41) is 23.0. The molecule has 2 aliphatic rings. The fourth-order valence-electron chi connectivity index (χ4n) is 5.82. The molecule has 40 heavy (non-hydrogen) atoms. The number of ether oxygens (including phenoxy) is 2. The number of anilines is 1. The highest BCUT2D eigenvalue weighted by Crippen LogP contribution is 2.53. The molecule has 2 saturated heterocycles. The summed E-state index contributed by atoms with van der Waals surface area (Å²) in [5.41, 5.74) is -0.0372. The van der Waals surface area contributed by atoms with Gasteiger partial charge in [-0.25, -0.2) is 4.90 Å². The third-order valence-corrected chi connectivity index (χ3v) is 7.61. The molecule has 10 heteroatoms. The first-order valence-corrected chi connectivity index (χ1v) is 12.7. The Bertz CT molecular complexity index is 1490. The van der Waals surface area contributed by atoms with Gasteiger partial charge in [-0.05, 0) is 30.2 Å². The number of methoxy groups -OCH3 is 1. The summed E-state index contributed by atoms with van der Waals surface area (Å²) in [7, 11) is 1.45. The molecular formula is C30H28N2O8. The highest BCUT2D eigenvalue weighted by atomic mass is 16.5. The first kappa shape index (κ1) is 26.9. The molecule has 3 N–H and O–H groups in total. The van der Waals surface area contributed by atoms with Crippen molar-refractivity contribution < 1.29 is 38.9 Å². The molecule has 0 saturated carbocycles. The maximum atomic E-state index is 14.0. The molecular weight excluding hydrogens is 516 g/mol. The fraction of sp³-hybridized carbons (Fsp3) is 0.267. The van der Waals surface area contributed by atoms with Crippen molar-refractivity contribution >= 4 is 29.4 Å². The van der Waals surface area contributed by atoms with Crippen LogP contribution in [0, 0.1) is 18.8 Å². The number of carbonyl (C=O) groups is 4. The van der Waals surface area contributed by atoms with E-state index in [0.29, 0.717) is 22.6 Å². The van der Waals surface area contributed by atoms with Crippen LogP contribution in [0.2, 0.25) is 0 Å². The smallest absolute Gasteiger partial charge is 0.325 e. The number of aliphatic carboxylic acids is 2. The minimum absolute atomic E-state index is 0.149. The average Bonchev–Trinajstić information content (AvgIpc) is 3.41. The SMILES string of the molecule is COc1cccc(C2NC(CC(=O)O)(C(=O)O)C3C(=O)N(c4ccccc4C)C(=O)C23)c1OCc1ccccc1.